The predicted molar refractivity (Wildman–Crippen MR) is 86.9 cm³/mol. The van der Waals surface area contributed by atoms with Gasteiger partial charge in [-0.1, -0.05) is 17.7 Å². The Labute approximate surface area is 133 Å². The van der Waals surface area contributed by atoms with Gasteiger partial charge in [0.05, 0.1) is 15.5 Å². The molecule has 1 aromatic heterocycles. The van der Waals surface area contributed by atoms with E-state index in [-0.39, 0.29) is 9.77 Å². The average Bonchev–Trinajstić information content (AvgIpc) is 2.97. The quantitative estimate of drug-likeness (QED) is 0.934. The number of thiophene rings is 1. The van der Waals surface area contributed by atoms with E-state index in [4.69, 9.17) is 5.73 Å². The number of hydrogen-bond donors (Lipinski definition) is 1. The van der Waals surface area contributed by atoms with Crippen molar-refractivity contribution < 1.29 is 13.2 Å². The molecule has 0 saturated carbocycles. The number of anilines is 1. The number of sulfonamides is 1. The Hall–Kier alpha value is -1.86. The molecule has 2 aromatic rings. The number of primary amides is 1. The van der Waals surface area contributed by atoms with Crippen molar-refractivity contribution in [3.8, 4) is 0 Å². The van der Waals surface area contributed by atoms with E-state index < -0.39 is 15.9 Å². The Morgan fingerprint density at radius 3 is 2.77 bits per heavy atom. The smallest absolute Gasteiger partial charge is 0.265 e. The molecule has 0 unspecified atom stereocenters. The molecule has 1 aliphatic heterocycles. The lowest BCUT2D eigenvalue weighted by molar-refractivity contribution is 0.100. The minimum atomic E-state index is -3.67. The highest BCUT2D eigenvalue weighted by molar-refractivity contribution is 7.93. The molecule has 1 amide bonds. The summed E-state index contributed by atoms with van der Waals surface area (Å²) in [6.07, 6.45) is 1.65. The number of benzene rings is 1. The van der Waals surface area contributed by atoms with Crippen LogP contribution in [0.3, 0.4) is 0 Å². The summed E-state index contributed by atoms with van der Waals surface area (Å²) < 4.78 is 27.1. The number of nitrogens with two attached hydrogens (primary N) is 1. The molecule has 0 bridgehead atoms. The molecule has 22 heavy (non-hydrogen) atoms. The lowest BCUT2D eigenvalue weighted by atomic mass is 10.0. The molecular weight excluding hydrogens is 320 g/mol. The van der Waals surface area contributed by atoms with Gasteiger partial charge >= 0.3 is 0 Å². The van der Waals surface area contributed by atoms with Crippen LogP contribution in [-0.2, 0) is 16.4 Å². The van der Waals surface area contributed by atoms with Crippen molar-refractivity contribution in [2.45, 2.75) is 24.7 Å². The first-order valence-corrected chi connectivity index (χ1v) is 9.22. The van der Waals surface area contributed by atoms with Crippen molar-refractivity contribution in [3.63, 3.8) is 0 Å². The second-order valence-corrected chi connectivity index (χ2v) is 8.10. The number of aryl methyl sites for hydroxylation is 2. The van der Waals surface area contributed by atoms with Crippen LogP contribution < -0.4 is 10.0 Å². The van der Waals surface area contributed by atoms with Crippen molar-refractivity contribution in [2.24, 2.45) is 5.73 Å². The SMILES string of the molecule is Cc1ccc2c(c1)CCCN2S(=O)(=O)c1csc(C(N)=O)c1. The number of carbonyl (C=O) groups excluding carboxylic acids is 1. The molecule has 2 N–H and O–H groups in total. The maximum atomic E-state index is 12.9. The molecule has 1 aliphatic rings. The summed E-state index contributed by atoms with van der Waals surface area (Å²) in [6, 6.07) is 7.14. The number of amides is 1. The Balaban J connectivity index is 2.05. The Bertz CT molecular complexity index is 840. The minimum absolute atomic E-state index is 0.125. The predicted octanol–water partition coefficient (Wildman–Crippen LogP) is 2.30. The van der Waals surface area contributed by atoms with E-state index in [9.17, 15) is 13.2 Å². The zero-order valence-electron chi connectivity index (χ0n) is 12.1. The third-order valence-corrected chi connectivity index (χ3v) is 6.60. The van der Waals surface area contributed by atoms with Crippen LogP contribution in [0.15, 0.2) is 34.5 Å². The molecule has 1 aromatic carbocycles. The van der Waals surface area contributed by atoms with Crippen LogP contribution in [0.1, 0.15) is 27.2 Å². The van der Waals surface area contributed by atoms with Crippen molar-refractivity contribution >= 4 is 33.0 Å². The van der Waals surface area contributed by atoms with Crippen LogP contribution in [0, 0.1) is 6.92 Å². The van der Waals surface area contributed by atoms with Crippen LogP contribution in [0.2, 0.25) is 0 Å². The third-order valence-electron chi connectivity index (χ3n) is 3.72. The van der Waals surface area contributed by atoms with Gasteiger partial charge in [-0.3, -0.25) is 9.10 Å². The monoisotopic (exact) mass is 336 g/mol. The molecule has 0 fully saturated rings. The van der Waals surface area contributed by atoms with Crippen molar-refractivity contribution in [1.29, 1.82) is 0 Å². The van der Waals surface area contributed by atoms with Gasteiger partial charge in [0.2, 0.25) is 0 Å². The topological polar surface area (TPSA) is 80.5 Å². The van der Waals surface area contributed by atoms with Crippen molar-refractivity contribution in [2.75, 3.05) is 10.8 Å². The van der Waals surface area contributed by atoms with E-state index in [2.05, 4.69) is 0 Å². The lowest BCUT2D eigenvalue weighted by Crippen LogP contribution is -2.35. The van der Waals surface area contributed by atoms with Crippen LogP contribution >= 0.6 is 11.3 Å². The molecule has 2 heterocycles. The maximum absolute atomic E-state index is 12.9. The highest BCUT2D eigenvalue weighted by Gasteiger charge is 2.30. The van der Waals surface area contributed by atoms with E-state index in [1.807, 2.05) is 25.1 Å². The number of rotatable bonds is 3. The first-order valence-electron chi connectivity index (χ1n) is 6.90. The largest absolute Gasteiger partial charge is 0.365 e. The summed E-state index contributed by atoms with van der Waals surface area (Å²) in [6.45, 7) is 2.44. The second kappa shape index (κ2) is 5.40. The standard InChI is InChI=1S/C15H16N2O3S2/c1-10-4-5-13-11(7-10)3-2-6-17(13)22(19,20)12-8-14(15(16)18)21-9-12/h4-5,7-9H,2-3,6H2,1H3,(H2,16,18). The zero-order chi connectivity index (χ0) is 15.9. The van der Waals surface area contributed by atoms with Gasteiger partial charge in [0.15, 0.2) is 0 Å². The minimum Gasteiger partial charge on any atom is -0.365 e. The summed E-state index contributed by atoms with van der Waals surface area (Å²) in [5, 5.41) is 1.47. The van der Waals surface area contributed by atoms with Gasteiger partial charge in [-0.2, -0.15) is 0 Å². The molecule has 0 aliphatic carbocycles. The normalized spacial score (nSPS) is 14.7. The molecule has 7 heteroatoms. The number of nitrogens with zero attached hydrogens (tertiary/aromatic N) is 1. The fourth-order valence-electron chi connectivity index (χ4n) is 2.65. The van der Waals surface area contributed by atoms with E-state index >= 15 is 0 Å². The van der Waals surface area contributed by atoms with Crippen molar-refractivity contribution in [1.82, 2.24) is 0 Å². The highest BCUT2D eigenvalue weighted by atomic mass is 32.2. The maximum Gasteiger partial charge on any atom is 0.265 e. The fourth-order valence-corrected chi connectivity index (χ4v) is 5.31. The molecule has 0 saturated heterocycles. The molecule has 0 atom stereocenters. The molecule has 3 rings (SSSR count). The van der Waals surface area contributed by atoms with Gasteiger partial charge in [0.25, 0.3) is 15.9 Å². The number of hydrogen-bond acceptors (Lipinski definition) is 4. The van der Waals surface area contributed by atoms with Crippen LogP contribution in [0.5, 0.6) is 0 Å². The Morgan fingerprint density at radius 1 is 1.32 bits per heavy atom. The van der Waals surface area contributed by atoms with Gasteiger partial charge in [-0.05, 0) is 37.5 Å². The number of fused-ring (bicyclic) bond motifs is 1. The summed E-state index contributed by atoms with van der Waals surface area (Å²) in [4.78, 5) is 11.6. The van der Waals surface area contributed by atoms with E-state index in [1.165, 1.54) is 15.8 Å². The first kappa shape index (κ1) is 15.1. The van der Waals surface area contributed by atoms with Gasteiger partial charge in [0.1, 0.15) is 0 Å². The van der Waals surface area contributed by atoms with Gasteiger partial charge in [0, 0.05) is 11.9 Å². The van der Waals surface area contributed by atoms with Gasteiger partial charge in [-0.15, -0.1) is 11.3 Å². The van der Waals surface area contributed by atoms with Gasteiger partial charge < -0.3 is 5.73 Å². The molecular formula is C15H16N2O3S2. The molecule has 0 radical (unpaired) electrons. The summed E-state index contributed by atoms with van der Waals surface area (Å²) in [5.41, 5.74) is 8.09. The molecule has 0 spiro atoms. The average molecular weight is 336 g/mol. The summed E-state index contributed by atoms with van der Waals surface area (Å²) >= 11 is 1.05. The fraction of sp³-hybridized carbons (Fsp3) is 0.267. The van der Waals surface area contributed by atoms with Crippen molar-refractivity contribution in [3.05, 3.63) is 45.6 Å². The summed E-state index contributed by atoms with van der Waals surface area (Å²) in [5.74, 6) is -0.610. The van der Waals surface area contributed by atoms with Crippen LogP contribution in [0.4, 0.5) is 5.69 Å². The van der Waals surface area contributed by atoms with Gasteiger partial charge in [-0.25, -0.2) is 8.42 Å². The van der Waals surface area contributed by atoms with E-state index in [0.717, 1.165) is 41.0 Å². The summed E-state index contributed by atoms with van der Waals surface area (Å²) in [7, 11) is -3.67. The van der Waals surface area contributed by atoms with Crippen LogP contribution in [0.25, 0.3) is 0 Å². The lowest BCUT2D eigenvalue weighted by Gasteiger charge is -2.30. The van der Waals surface area contributed by atoms with E-state index in [1.54, 1.807) is 0 Å². The number of carbonyl (C=O) groups is 1. The molecule has 116 valence electrons. The Morgan fingerprint density at radius 2 is 2.09 bits per heavy atom. The zero-order valence-corrected chi connectivity index (χ0v) is 13.7. The van der Waals surface area contributed by atoms with Crippen LogP contribution in [-0.4, -0.2) is 20.9 Å². The van der Waals surface area contributed by atoms with E-state index in [0.29, 0.717) is 6.54 Å². The molecule has 5 nitrogen and oxygen atoms in total. The highest BCUT2D eigenvalue weighted by Crippen LogP contribution is 2.33. The second-order valence-electron chi connectivity index (χ2n) is 5.32. The Kier molecular flexibility index (Phi) is 3.70. The third kappa shape index (κ3) is 2.50. The first-order chi connectivity index (χ1) is 10.4.